The Morgan fingerprint density at radius 3 is 2.40 bits per heavy atom. The van der Waals surface area contributed by atoms with Crippen LogP contribution in [0.25, 0.3) is 0 Å². The molecule has 25 heavy (non-hydrogen) atoms. The fraction of sp³-hybridized carbons (Fsp3) is 0.263. The van der Waals surface area contributed by atoms with Gasteiger partial charge in [0.2, 0.25) is 0 Å². The summed E-state index contributed by atoms with van der Waals surface area (Å²) in [5.41, 5.74) is 1.24. The molecule has 0 heterocycles. The van der Waals surface area contributed by atoms with Gasteiger partial charge >= 0.3 is 5.97 Å². The second-order valence-corrected chi connectivity index (χ2v) is 5.13. The molecule has 2 aromatic rings. The van der Waals surface area contributed by atoms with Crippen LogP contribution < -0.4 is 14.8 Å². The van der Waals surface area contributed by atoms with Gasteiger partial charge in [0.15, 0.2) is 6.61 Å². The molecular formula is C19H21NO5. The number of nitrogens with one attached hydrogen (secondary N) is 1. The topological polar surface area (TPSA) is 73.9 Å². The molecule has 0 fully saturated rings. The maximum absolute atomic E-state index is 12.0. The number of hydrogen-bond acceptors (Lipinski definition) is 5. The first-order chi connectivity index (χ1) is 12.1. The molecule has 6 heteroatoms. The Hall–Kier alpha value is -3.02. The monoisotopic (exact) mass is 343 g/mol. The minimum atomic E-state index is -0.502. The van der Waals surface area contributed by atoms with Crippen molar-refractivity contribution in [1.29, 1.82) is 0 Å². The van der Waals surface area contributed by atoms with Crippen LogP contribution in [0.4, 0.5) is 5.69 Å². The Morgan fingerprint density at radius 2 is 1.68 bits per heavy atom. The smallest absolute Gasteiger partial charge is 0.310 e. The van der Waals surface area contributed by atoms with Crippen molar-refractivity contribution >= 4 is 17.6 Å². The number of esters is 1. The Labute approximate surface area is 146 Å². The summed E-state index contributed by atoms with van der Waals surface area (Å²) in [6.07, 6.45) is 0.0345. The first-order valence-electron chi connectivity index (χ1n) is 7.93. The summed E-state index contributed by atoms with van der Waals surface area (Å²) < 4.78 is 15.6. The lowest BCUT2D eigenvalue weighted by atomic mass is 10.1. The Bertz CT molecular complexity index is 729. The van der Waals surface area contributed by atoms with Crippen LogP contribution in [0.1, 0.15) is 12.5 Å². The van der Waals surface area contributed by atoms with E-state index in [1.807, 2.05) is 25.1 Å². The van der Waals surface area contributed by atoms with Crippen molar-refractivity contribution in [3.8, 4) is 11.5 Å². The fourth-order valence-corrected chi connectivity index (χ4v) is 2.24. The highest BCUT2D eigenvalue weighted by molar-refractivity contribution is 5.94. The molecule has 0 radical (unpaired) electrons. The van der Waals surface area contributed by atoms with Crippen molar-refractivity contribution in [2.45, 2.75) is 13.3 Å². The molecule has 6 nitrogen and oxygen atoms in total. The van der Waals surface area contributed by atoms with Crippen LogP contribution in [0.2, 0.25) is 0 Å². The van der Waals surface area contributed by atoms with Gasteiger partial charge in [-0.15, -0.1) is 0 Å². The number of ether oxygens (including phenoxy) is 3. The summed E-state index contributed by atoms with van der Waals surface area (Å²) in [4.78, 5) is 23.9. The number of carbonyl (C=O) groups excluding carboxylic acids is 2. The summed E-state index contributed by atoms with van der Waals surface area (Å²) in [5.74, 6) is 0.242. The summed E-state index contributed by atoms with van der Waals surface area (Å²) in [5, 5.41) is 2.67. The molecule has 0 spiro atoms. The van der Waals surface area contributed by atoms with Crippen LogP contribution in [0.5, 0.6) is 11.5 Å². The number of hydrogen-bond donors (Lipinski definition) is 1. The van der Waals surface area contributed by atoms with Crippen LogP contribution in [0.15, 0.2) is 48.5 Å². The summed E-state index contributed by atoms with van der Waals surface area (Å²) in [6.45, 7) is 1.98. The number of benzene rings is 2. The summed E-state index contributed by atoms with van der Waals surface area (Å²) in [7, 11) is 1.54. The largest absolute Gasteiger partial charge is 0.496 e. The number of para-hydroxylation sites is 3. The van der Waals surface area contributed by atoms with Gasteiger partial charge in [0.1, 0.15) is 11.5 Å². The standard InChI is InChI=1S/C19H21NO5/c1-3-24-17-11-7-5-9-15(17)20-18(21)13-25-19(22)12-14-8-4-6-10-16(14)23-2/h4-11H,3,12-13H2,1-2H3,(H,20,21). The predicted molar refractivity (Wildman–Crippen MR) is 93.9 cm³/mol. The van der Waals surface area contributed by atoms with Gasteiger partial charge in [-0.05, 0) is 25.1 Å². The first kappa shape index (κ1) is 18.3. The van der Waals surface area contributed by atoms with E-state index in [4.69, 9.17) is 14.2 Å². The molecule has 0 aliphatic carbocycles. The molecule has 1 amide bonds. The van der Waals surface area contributed by atoms with Gasteiger partial charge in [0.05, 0.1) is 25.8 Å². The molecule has 0 bridgehead atoms. The third kappa shape index (κ3) is 5.53. The van der Waals surface area contributed by atoms with E-state index in [1.165, 1.54) is 7.11 Å². The van der Waals surface area contributed by atoms with Crippen LogP contribution in [0, 0.1) is 0 Å². The number of carbonyl (C=O) groups is 2. The molecule has 2 rings (SSSR count). The van der Waals surface area contributed by atoms with Gasteiger partial charge in [-0.3, -0.25) is 9.59 Å². The molecule has 1 N–H and O–H groups in total. The van der Waals surface area contributed by atoms with Crippen LogP contribution in [-0.4, -0.2) is 32.2 Å². The SMILES string of the molecule is CCOc1ccccc1NC(=O)COC(=O)Cc1ccccc1OC. The Morgan fingerprint density at radius 1 is 1.00 bits per heavy atom. The molecule has 0 saturated heterocycles. The van der Waals surface area contributed by atoms with Crippen molar-refractivity contribution in [2.24, 2.45) is 0 Å². The Kier molecular flexibility index (Phi) is 6.83. The molecule has 0 aromatic heterocycles. The van der Waals surface area contributed by atoms with Gasteiger partial charge < -0.3 is 19.5 Å². The van der Waals surface area contributed by atoms with E-state index in [-0.39, 0.29) is 13.0 Å². The van der Waals surface area contributed by atoms with Gasteiger partial charge in [0, 0.05) is 5.56 Å². The van der Waals surface area contributed by atoms with E-state index in [9.17, 15) is 9.59 Å². The normalized spacial score (nSPS) is 10.0. The zero-order chi connectivity index (χ0) is 18.1. The van der Waals surface area contributed by atoms with E-state index in [0.717, 1.165) is 0 Å². The molecular weight excluding hydrogens is 322 g/mol. The lowest BCUT2D eigenvalue weighted by molar-refractivity contribution is -0.146. The van der Waals surface area contributed by atoms with E-state index >= 15 is 0 Å². The number of methoxy groups -OCH3 is 1. The van der Waals surface area contributed by atoms with E-state index in [2.05, 4.69) is 5.32 Å². The summed E-state index contributed by atoms with van der Waals surface area (Å²) >= 11 is 0. The van der Waals surface area contributed by atoms with Gasteiger partial charge in [-0.1, -0.05) is 30.3 Å². The maximum atomic E-state index is 12.0. The zero-order valence-electron chi connectivity index (χ0n) is 14.3. The number of anilines is 1. The maximum Gasteiger partial charge on any atom is 0.310 e. The number of rotatable bonds is 8. The molecule has 2 aromatic carbocycles. The Balaban J connectivity index is 1.86. The average Bonchev–Trinajstić information content (AvgIpc) is 2.62. The lowest BCUT2D eigenvalue weighted by Crippen LogP contribution is -2.22. The highest BCUT2D eigenvalue weighted by atomic mass is 16.5. The van der Waals surface area contributed by atoms with Crippen molar-refractivity contribution in [2.75, 3.05) is 25.6 Å². The zero-order valence-corrected chi connectivity index (χ0v) is 14.3. The second kappa shape index (κ2) is 9.32. The molecule has 0 unspecified atom stereocenters. The van der Waals surface area contributed by atoms with E-state index in [1.54, 1.807) is 30.3 Å². The fourth-order valence-electron chi connectivity index (χ4n) is 2.24. The third-order valence-corrected chi connectivity index (χ3v) is 3.35. The van der Waals surface area contributed by atoms with Gasteiger partial charge in [-0.2, -0.15) is 0 Å². The van der Waals surface area contributed by atoms with Crippen molar-refractivity contribution in [3.05, 3.63) is 54.1 Å². The van der Waals surface area contributed by atoms with Crippen LogP contribution in [0.3, 0.4) is 0 Å². The third-order valence-electron chi connectivity index (χ3n) is 3.35. The molecule has 132 valence electrons. The van der Waals surface area contributed by atoms with E-state index < -0.39 is 11.9 Å². The highest BCUT2D eigenvalue weighted by Crippen LogP contribution is 2.23. The minimum Gasteiger partial charge on any atom is -0.496 e. The van der Waals surface area contributed by atoms with E-state index in [0.29, 0.717) is 29.4 Å². The average molecular weight is 343 g/mol. The van der Waals surface area contributed by atoms with Crippen molar-refractivity contribution in [1.82, 2.24) is 0 Å². The van der Waals surface area contributed by atoms with Crippen molar-refractivity contribution in [3.63, 3.8) is 0 Å². The lowest BCUT2D eigenvalue weighted by Gasteiger charge is -2.11. The van der Waals surface area contributed by atoms with Gasteiger partial charge in [-0.25, -0.2) is 0 Å². The molecule has 0 aliphatic heterocycles. The minimum absolute atomic E-state index is 0.0345. The quantitative estimate of drug-likeness (QED) is 0.746. The van der Waals surface area contributed by atoms with Gasteiger partial charge in [0.25, 0.3) is 5.91 Å². The molecule has 0 atom stereocenters. The second-order valence-electron chi connectivity index (χ2n) is 5.13. The first-order valence-corrected chi connectivity index (χ1v) is 7.93. The van der Waals surface area contributed by atoms with Crippen LogP contribution >= 0.6 is 0 Å². The van der Waals surface area contributed by atoms with Crippen LogP contribution in [-0.2, 0) is 20.7 Å². The molecule has 0 saturated carbocycles. The highest BCUT2D eigenvalue weighted by Gasteiger charge is 2.13. The predicted octanol–water partition coefficient (Wildman–Crippen LogP) is 2.82. The summed E-state index contributed by atoms with van der Waals surface area (Å²) in [6, 6.07) is 14.2. The number of amides is 1. The van der Waals surface area contributed by atoms with Crippen molar-refractivity contribution < 1.29 is 23.8 Å². The molecule has 0 aliphatic rings.